The van der Waals surface area contributed by atoms with E-state index in [1.165, 1.54) is 19.1 Å². The molecular formula is C25H24N2O4S. The number of fused-ring (bicyclic) bond motifs is 1. The topological polar surface area (TPSA) is 88.3 Å². The Morgan fingerprint density at radius 1 is 1.03 bits per heavy atom. The Balaban J connectivity index is 1.69. The van der Waals surface area contributed by atoms with Gasteiger partial charge >= 0.3 is 0 Å². The molecule has 0 amide bonds. The summed E-state index contributed by atoms with van der Waals surface area (Å²) in [5, 5.41) is 1.03. The van der Waals surface area contributed by atoms with Gasteiger partial charge in [0.05, 0.1) is 12.0 Å². The Morgan fingerprint density at radius 3 is 2.50 bits per heavy atom. The molecule has 4 aromatic rings. The van der Waals surface area contributed by atoms with Crippen LogP contribution in [0.25, 0.3) is 10.9 Å². The molecule has 0 radical (unpaired) electrons. The third kappa shape index (κ3) is 4.44. The van der Waals surface area contributed by atoms with Gasteiger partial charge in [0, 0.05) is 35.1 Å². The van der Waals surface area contributed by atoms with E-state index in [0.29, 0.717) is 5.56 Å². The van der Waals surface area contributed by atoms with Gasteiger partial charge in [-0.2, -0.15) is 0 Å². The number of ketones is 1. The summed E-state index contributed by atoms with van der Waals surface area (Å²) in [5.41, 5.74) is 3.29. The fraction of sp³-hybridized carbons (Fsp3) is 0.160. The second-order valence-electron chi connectivity index (χ2n) is 7.55. The van der Waals surface area contributed by atoms with Crippen molar-refractivity contribution in [3.8, 4) is 5.75 Å². The highest BCUT2D eigenvalue weighted by molar-refractivity contribution is 7.89. The van der Waals surface area contributed by atoms with Gasteiger partial charge in [-0.05, 0) is 48.4 Å². The molecule has 0 spiro atoms. The van der Waals surface area contributed by atoms with Crippen LogP contribution in [-0.4, -0.2) is 32.8 Å². The van der Waals surface area contributed by atoms with Crippen molar-refractivity contribution in [1.82, 2.24) is 9.71 Å². The fourth-order valence-corrected chi connectivity index (χ4v) is 4.88. The maximum atomic E-state index is 13.0. The highest BCUT2D eigenvalue weighted by Gasteiger charge is 2.22. The van der Waals surface area contributed by atoms with Gasteiger partial charge in [0.2, 0.25) is 10.0 Å². The molecule has 1 unspecified atom stereocenters. The molecule has 6 nitrogen and oxygen atoms in total. The maximum absolute atomic E-state index is 13.0. The molecule has 7 heteroatoms. The fourth-order valence-electron chi connectivity index (χ4n) is 3.78. The van der Waals surface area contributed by atoms with Gasteiger partial charge in [0.15, 0.2) is 5.78 Å². The molecule has 1 heterocycles. The van der Waals surface area contributed by atoms with E-state index in [1.54, 1.807) is 19.2 Å². The lowest BCUT2D eigenvalue weighted by atomic mass is 9.91. The van der Waals surface area contributed by atoms with E-state index in [4.69, 9.17) is 4.74 Å². The van der Waals surface area contributed by atoms with Crippen LogP contribution in [0.4, 0.5) is 0 Å². The van der Waals surface area contributed by atoms with Crippen LogP contribution in [0.5, 0.6) is 5.75 Å². The minimum absolute atomic E-state index is 0.0672. The number of sulfonamides is 1. The molecule has 0 fully saturated rings. The second-order valence-corrected chi connectivity index (χ2v) is 9.32. The van der Waals surface area contributed by atoms with E-state index < -0.39 is 10.0 Å². The number of para-hydroxylation sites is 1. The number of nitrogens with one attached hydrogen (secondary N) is 2. The Morgan fingerprint density at radius 2 is 1.78 bits per heavy atom. The lowest BCUT2D eigenvalue weighted by Crippen LogP contribution is -2.29. The van der Waals surface area contributed by atoms with Crippen molar-refractivity contribution < 1.29 is 17.9 Å². The van der Waals surface area contributed by atoms with E-state index in [2.05, 4.69) is 9.71 Å². The van der Waals surface area contributed by atoms with Crippen LogP contribution in [0.1, 0.15) is 34.3 Å². The van der Waals surface area contributed by atoms with Gasteiger partial charge in [-0.1, -0.05) is 42.5 Å². The van der Waals surface area contributed by atoms with Crippen molar-refractivity contribution >= 4 is 26.7 Å². The smallest absolute Gasteiger partial charge is 0.240 e. The quantitative estimate of drug-likeness (QED) is 0.389. The first-order valence-electron chi connectivity index (χ1n) is 10.2. The molecule has 0 aliphatic heterocycles. The highest BCUT2D eigenvalue weighted by atomic mass is 32.2. The third-order valence-electron chi connectivity index (χ3n) is 5.54. The van der Waals surface area contributed by atoms with Crippen LogP contribution in [0, 0.1) is 0 Å². The SMILES string of the molecule is COc1ccc(C(CNS(=O)(=O)c2cccc(C(C)=O)c2)c2c[nH]c3ccccc23)cc1. The molecule has 0 bridgehead atoms. The average Bonchev–Trinajstić information content (AvgIpc) is 3.24. The normalized spacial score (nSPS) is 12.6. The molecule has 1 aromatic heterocycles. The standard InChI is InChI=1S/C25H24N2O4S/c1-17(28)19-6-5-7-21(14-19)32(29,30)27-16-23(18-10-12-20(31-2)13-11-18)24-15-26-25-9-4-3-8-22(24)25/h3-15,23,26-27H,16H2,1-2H3. The summed E-state index contributed by atoms with van der Waals surface area (Å²) < 4.78 is 34.1. The number of carbonyl (C=O) groups excluding carboxylic acids is 1. The van der Waals surface area contributed by atoms with Gasteiger partial charge in [-0.25, -0.2) is 13.1 Å². The molecule has 0 saturated carbocycles. The number of aromatic nitrogens is 1. The predicted molar refractivity (Wildman–Crippen MR) is 125 cm³/mol. The molecule has 0 aliphatic carbocycles. The third-order valence-corrected chi connectivity index (χ3v) is 6.96. The summed E-state index contributed by atoms with van der Waals surface area (Å²) >= 11 is 0. The van der Waals surface area contributed by atoms with Gasteiger partial charge in [0.1, 0.15) is 5.75 Å². The summed E-state index contributed by atoms with van der Waals surface area (Å²) in [4.78, 5) is 15.0. The van der Waals surface area contributed by atoms with E-state index in [0.717, 1.165) is 27.8 Å². The molecule has 32 heavy (non-hydrogen) atoms. The predicted octanol–water partition coefficient (Wildman–Crippen LogP) is 4.49. The molecule has 0 saturated heterocycles. The first-order chi connectivity index (χ1) is 15.4. The van der Waals surface area contributed by atoms with Crippen molar-refractivity contribution in [1.29, 1.82) is 0 Å². The first-order valence-corrected chi connectivity index (χ1v) is 11.7. The van der Waals surface area contributed by atoms with Gasteiger partial charge in [0.25, 0.3) is 0 Å². The zero-order valence-electron chi connectivity index (χ0n) is 17.8. The van der Waals surface area contributed by atoms with Crippen molar-refractivity contribution in [3.05, 3.63) is 95.7 Å². The number of H-pyrrole nitrogens is 1. The summed E-state index contributed by atoms with van der Waals surface area (Å²) in [7, 11) is -2.21. The Hall–Kier alpha value is -3.42. The van der Waals surface area contributed by atoms with E-state index in [-0.39, 0.29) is 23.1 Å². The lowest BCUT2D eigenvalue weighted by Gasteiger charge is -2.19. The molecule has 4 rings (SSSR count). The molecule has 164 valence electrons. The van der Waals surface area contributed by atoms with E-state index in [1.807, 2.05) is 54.7 Å². The lowest BCUT2D eigenvalue weighted by molar-refractivity contribution is 0.101. The Kier molecular flexibility index (Phi) is 6.12. The molecular weight excluding hydrogens is 424 g/mol. The summed E-state index contributed by atoms with van der Waals surface area (Å²) in [6, 6.07) is 21.6. The van der Waals surface area contributed by atoms with Crippen LogP contribution in [0.2, 0.25) is 0 Å². The van der Waals surface area contributed by atoms with Crippen molar-refractivity contribution in [2.75, 3.05) is 13.7 Å². The summed E-state index contributed by atoms with van der Waals surface area (Å²) in [6.07, 6.45) is 1.92. The number of Topliss-reactive ketones (excluding diaryl/α,β-unsaturated/α-hetero) is 1. The number of methoxy groups -OCH3 is 1. The largest absolute Gasteiger partial charge is 0.497 e. The minimum atomic E-state index is -3.81. The van der Waals surface area contributed by atoms with Crippen molar-refractivity contribution in [3.63, 3.8) is 0 Å². The molecule has 2 N–H and O–H groups in total. The number of hydrogen-bond donors (Lipinski definition) is 2. The second kappa shape index (κ2) is 8.98. The average molecular weight is 449 g/mol. The van der Waals surface area contributed by atoms with Crippen LogP contribution < -0.4 is 9.46 Å². The first kappa shape index (κ1) is 21.8. The number of aromatic amines is 1. The van der Waals surface area contributed by atoms with Crippen molar-refractivity contribution in [2.24, 2.45) is 0 Å². The number of carbonyl (C=O) groups is 1. The van der Waals surface area contributed by atoms with Crippen LogP contribution in [0.3, 0.4) is 0 Å². The van der Waals surface area contributed by atoms with Crippen LogP contribution in [0.15, 0.2) is 83.9 Å². The van der Waals surface area contributed by atoms with Crippen LogP contribution in [-0.2, 0) is 10.0 Å². The minimum Gasteiger partial charge on any atom is -0.497 e. The number of benzene rings is 3. The monoisotopic (exact) mass is 448 g/mol. The van der Waals surface area contributed by atoms with Gasteiger partial charge in [-0.15, -0.1) is 0 Å². The van der Waals surface area contributed by atoms with Crippen LogP contribution >= 0.6 is 0 Å². The summed E-state index contributed by atoms with van der Waals surface area (Å²) in [6.45, 7) is 1.57. The van der Waals surface area contributed by atoms with Crippen molar-refractivity contribution in [2.45, 2.75) is 17.7 Å². The number of rotatable bonds is 8. The zero-order chi connectivity index (χ0) is 22.7. The molecule has 0 aliphatic rings. The molecule has 3 aromatic carbocycles. The number of ether oxygens (including phenoxy) is 1. The molecule has 1 atom stereocenters. The summed E-state index contributed by atoms with van der Waals surface area (Å²) in [5.74, 6) is 0.313. The van der Waals surface area contributed by atoms with E-state index in [9.17, 15) is 13.2 Å². The Bertz CT molecular complexity index is 1360. The van der Waals surface area contributed by atoms with Gasteiger partial charge < -0.3 is 9.72 Å². The Labute approximate surface area is 187 Å². The van der Waals surface area contributed by atoms with E-state index >= 15 is 0 Å². The highest BCUT2D eigenvalue weighted by Crippen LogP contribution is 2.31. The zero-order valence-corrected chi connectivity index (χ0v) is 18.6. The maximum Gasteiger partial charge on any atom is 0.240 e. The van der Waals surface area contributed by atoms with Gasteiger partial charge in [-0.3, -0.25) is 4.79 Å². The number of hydrogen-bond acceptors (Lipinski definition) is 4.